The lowest BCUT2D eigenvalue weighted by Crippen LogP contribution is -2.36. The zero-order chi connectivity index (χ0) is 32.5. The third kappa shape index (κ3) is 8.55. The molecule has 0 radical (unpaired) electrons. The van der Waals surface area contributed by atoms with Crippen molar-refractivity contribution in [1.29, 1.82) is 0 Å². The van der Waals surface area contributed by atoms with Gasteiger partial charge in [-0.25, -0.2) is 18.4 Å². The van der Waals surface area contributed by atoms with E-state index in [0.29, 0.717) is 42.3 Å². The lowest BCUT2D eigenvalue weighted by atomic mass is 10.00. The summed E-state index contributed by atoms with van der Waals surface area (Å²) in [6.45, 7) is 8.37. The van der Waals surface area contributed by atoms with Crippen LogP contribution >= 0.6 is 0 Å². The standard InChI is InChI=1S/C31H41N5O5S.C2H6/c1-31(2)18-23(37)11-7-5-6-8-17-41-28-22(20-36(3)4)10-9-12-25(28)35-30(38)27-29(32)33-19-26(34-27)21-13-15-24(16-14-21)42(31,39)40;1-2/h9-10,12-16,19,23,37H,5-8,11,17-18,20H2,1-4H3,(H2,32,33)(H,35,38);1-2H3. The average molecular weight is 626 g/mol. The van der Waals surface area contributed by atoms with E-state index in [2.05, 4.69) is 15.3 Å². The van der Waals surface area contributed by atoms with E-state index in [9.17, 15) is 18.3 Å². The number of nitrogens with two attached hydrogens (primary N) is 1. The molecule has 1 atom stereocenters. The first-order valence-corrected chi connectivity index (χ1v) is 16.7. The highest BCUT2D eigenvalue weighted by Crippen LogP contribution is 2.33. The molecule has 2 aliphatic rings. The van der Waals surface area contributed by atoms with Crippen LogP contribution in [0.4, 0.5) is 11.5 Å². The fourth-order valence-corrected chi connectivity index (χ4v) is 6.66. The van der Waals surface area contributed by atoms with Crippen LogP contribution in [-0.2, 0) is 16.4 Å². The van der Waals surface area contributed by atoms with Crippen molar-refractivity contribution in [2.24, 2.45) is 0 Å². The van der Waals surface area contributed by atoms with Crippen molar-refractivity contribution in [2.75, 3.05) is 31.8 Å². The summed E-state index contributed by atoms with van der Waals surface area (Å²) in [5, 5.41) is 13.6. The molecule has 3 heterocycles. The predicted octanol–water partition coefficient (Wildman–Crippen LogP) is 5.71. The second-order valence-electron chi connectivity index (χ2n) is 11.7. The van der Waals surface area contributed by atoms with Gasteiger partial charge in [0.05, 0.1) is 39.9 Å². The molecular weight excluding hydrogens is 578 g/mol. The molecule has 44 heavy (non-hydrogen) atoms. The van der Waals surface area contributed by atoms with Crippen LogP contribution < -0.4 is 15.8 Å². The molecule has 1 amide bonds. The molecule has 0 aliphatic carbocycles. The maximum atomic E-state index is 13.5. The molecule has 240 valence electrons. The third-order valence-electron chi connectivity index (χ3n) is 7.44. The molecule has 0 saturated heterocycles. The van der Waals surface area contributed by atoms with Crippen LogP contribution in [0.25, 0.3) is 11.3 Å². The predicted molar refractivity (Wildman–Crippen MR) is 175 cm³/mol. The Morgan fingerprint density at radius 3 is 2.43 bits per heavy atom. The van der Waals surface area contributed by atoms with Gasteiger partial charge in [-0.1, -0.05) is 57.4 Å². The van der Waals surface area contributed by atoms with Gasteiger partial charge in [-0.15, -0.1) is 0 Å². The minimum absolute atomic E-state index is 0.0304. The lowest BCUT2D eigenvalue weighted by Gasteiger charge is -2.27. The lowest BCUT2D eigenvalue weighted by molar-refractivity contribution is 0.102. The Balaban J connectivity index is 0.00000259. The number of fused-ring (bicyclic) bond motifs is 13. The van der Waals surface area contributed by atoms with Gasteiger partial charge in [0.1, 0.15) is 5.75 Å². The number of hydrogen-bond acceptors (Lipinski definition) is 9. The molecule has 11 heteroatoms. The van der Waals surface area contributed by atoms with Crippen LogP contribution in [0.2, 0.25) is 0 Å². The normalized spacial score (nSPS) is 18.8. The molecule has 1 aromatic heterocycles. The van der Waals surface area contributed by atoms with Gasteiger partial charge in [-0.05, 0) is 65.4 Å². The number of nitrogens with zero attached hydrogens (tertiary/aromatic N) is 3. The summed E-state index contributed by atoms with van der Waals surface area (Å²) in [5.41, 5.74) is 8.41. The molecular formula is C33H47N5O5S. The second-order valence-corrected chi connectivity index (χ2v) is 14.3. The van der Waals surface area contributed by atoms with E-state index in [-0.39, 0.29) is 22.8 Å². The van der Waals surface area contributed by atoms with Crippen molar-refractivity contribution in [1.82, 2.24) is 14.9 Å². The summed E-state index contributed by atoms with van der Waals surface area (Å²) in [6.07, 6.45) is 4.72. The summed E-state index contributed by atoms with van der Waals surface area (Å²) < 4.78 is 32.0. The minimum atomic E-state index is -3.74. The highest BCUT2D eigenvalue weighted by Gasteiger charge is 2.37. The molecule has 2 aromatic carbocycles. The number of amides is 1. The van der Waals surface area contributed by atoms with Crippen LogP contribution in [0.15, 0.2) is 53.6 Å². The Kier molecular flexibility index (Phi) is 12.3. The molecule has 4 N–H and O–H groups in total. The van der Waals surface area contributed by atoms with Gasteiger partial charge in [0.25, 0.3) is 5.91 Å². The summed E-state index contributed by atoms with van der Waals surface area (Å²) in [4.78, 5) is 24.3. The van der Waals surface area contributed by atoms with E-state index in [0.717, 1.165) is 31.2 Å². The molecule has 0 saturated carbocycles. The summed E-state index contributed by atoms with van der Waals surface area (Å²) in [7, 11) is 0.192. The Bertz CT molecular complexity index is 1510. The summed E-state index contributed by atoms with van der Waals surface area (Å²) in [6, 6.07) is 11.9. The Morgan fingerprint density at radius 2 is 1.75 bits per heavy atom. The van der Waals surface area contributed by atoms with Crippen molar-refractivity contribution in [3.63, 3.8) is 0 Å². The maximum Gasteiger partial charge on any atom is 0.278 e. The number of aromatic nitrogens is 2. The van der Waals surface area contributed by atoms with Crippen molar-refractivity contribution >= 4 is 27.2 Å². The Morgan fingerprint density at radius 1 is 1.07 bits per heavy atom. The van der Waals surface area contributed by atoms with E-state index in [1.54, 1.807) is 32.0 Å². The topological polar surface area (TPSA) is 148 Å². The second kappa shape index (κ2) is 15.5. The molecule has 0 spiro atoms. The van der Waals surface area contributed by atoms with Gasteiger partial charge in [-0.3, -0.25) is 4.79 Å². The van der Waals surface area contributed by atoms with E-state index in [4.69, 9.17) is 10.5 Å². The van der Waals surface area contributed by atoms with Crippen LogP contribution in [-0.4, -0.2) is 65.9 Å². The number of rotatable bonds is 2. The summed E-state index contributed by atoms with van der Waals surface area (Å²) in [5.74, 6) is 0.0336. The highest BCUT2D eigenvalue weighted by molar-refractivity contribution is 7.92. The van der Waals surface area contributed by atoms with Crippen molar-refractivity contribution in [3.05, 3.63) is 59.9 Å². The molecule has 2 aliphatic heterocycles. The quantitative estimate of drug-likeness (QED) is 0.326. The largest absolute Gasteiger partial charge is 0.491 e. The smallest absolute Gasteiger partial charge is 0.278 e. The number of nitrogens with one attached hydrogen (secondary N) is 1. The van der Waals surface area contributed by atoms with Gasteiger partial charge >= 0.3 is 0 Å². The van der Waals surface area contributed by atoms with Crippen molar-refractivity contribution in [3.8, 4) is 17.0 Å². The Hall–Kier alpha value is -3.54. The van der Waals surface area contributed by atoms with Crippen LogP contribution in [0.1, 0.15) is 82.3 Å². The van der Waals surface area contributed by atoms with Crippen LogP contribution in [0.5, 0.6) is 5.75 Å². The number of aliphatic hydroxyl groups excluding tert-OH is 1. The van der Waals surface area contributed by atoms with E-state index in [1.807, 2.05) is 45.0 Å². The fraction of sp³-hybridized carbons (Fsp3) is 0.485. The highest BCUT2D eigenvalue weighted by atomic mass is 32.2. The first-order valence-electron chi connectivity index (χ1n) is 15.3. The zero-order valence-electron chi connectivity index (χ0n) is 26.8. The molecule has 1 unspecified atom stereocenters. The molecule has 0 fully saturated rings. The number of benzene rings is 2. The SMILES string of the molecule is CC.CN(C)Cc1cccc2c1OCCCCCCC(O)CC(C)(C)S(=O)(=O)c1ccc(cc1)-c1cnc(N)c(n1)C(=O)N2. The van der Waals surface area contributed by atoms with Crippen molar-refractivity contribution < 1.29 is 23.1 Å². The third-order valence-corrected chi connectivity index (χ3v) is 9.95. The number of anilines is 2. The average Bonchev–Trinajstić information content (AvgIpc) is 2.98. The number of aliphatic hydroxyl groups is 1. The van der Waals surface area contributed by atoms with Crippen LogP contribution in [0, 0.1) is 0 Å². The van der Waals surface area contributed by atoms with E-state index < -0.39 is 26.6 Å². The van der Waals surface area contributed by atoms with Gasteiger partial charge in [0.2, 0.25) is 0 Å². The molecule has 3 aromatic rings. The molecule has 5 rings (SSSR count). The number of nitrogen functional groups attached to an aromatic ring is 1. The van der Waals surface area contributed by atoms with E-state index >= 15 is 0 Å². The van der Waals surface area contributed by atoms with Crippen molar-refractivity contribution in [2.45, 2.75) is 88.5 Å². The fourth-order valence-electron chi connectivity index (χ4n) is 5.12. The number of para-hydroxylation sites is 1. The number of sulfone groups is 1. The molecule has 4 bridgehead atoms. The first-order chi connectivity index (χ1) is 20.9. The number of carbonyl (C=O) groups is 1. The van der Waals surface area contributed by atoms with Crippen LogP contribution in [0.3, 0.4) is 0 Å². The monoisotopic (exact) mass is 625 g/mol. The zero-order valence-corrected chi connectivity index (χ0v) is 27.6. The van der Waals surface area contributed by atoms with E-state index in [1.165, 1.54) is 18.3 Å². The summed E-state index contributed by atoms with van der Waals surface area (Å²) >= 11 is 0. The maximum absolute atomic E-state index is 13.5. The number of carbonyl (C=O) groups excluding carboxylic acids is 1. The number of ether oxygens (including phenoxy) is 1. The number of hydrogen-bond donors (Lipinski definition) is 3. The van der Waals surface area contributed by atoms with Gasteiger partial charge in [0, 0.05) is 17.7 Å². The first kappa shape index (κ1) is 34.9. The van der Waals surface area contributed by atoms with Gasteiger partial charge in [0.15, 0.2) is 21.3 Å². The van der Waals surface area contributed by atoms with Gasteiger partial charge < -0.3 is 25.8 Å². The van der Waals surface area contributed by atoms with Gasteiger partial charge in [-0.2, -0.15) is 0 Å². The minimum Gasteiger partial charge on any atom is -0.491 e. The molecule has 10 nitrogen and oxygen atoms in total. The Labute approximate surface area is 262 Å².